The summed E-state index contributed by atoms with van der Waals surface area (Å²) >= 11 is 0. The number of carboxylic acids is 1. The molecule has 0 aromatic carbocycles. The molecule has 0 aromatic heterocycles. The Morgan fingerprint density at radius 1 is 1.33 bits per heavy atom. The molecule has 4 nitrogen and oxygen atoms in total. The summed E-state index contributed by atoms with van der Waals surface area (Å²) in [5.41, 5.74) is 0. The highest BCUT2D eigenvalue weighted by Crippen LogP contribution is 2.39. The fourth-order valence-corrected chi connectivity index (χ4v) is 3.65. The normalized spacial score (nSPS) is 29.4. The number of rotatable bonds is 5. The Hall–Kier alpha value is -0.580. The van der Waals surface area contributed by atoms with Crippen LogP contribution in [0.3, 0.4) is 0 Å². The molecular formula is C13H24O4S. The molecule has 3 unspecified atom stereocenters. The van der Waals surface area contributed by atoms with Gasteiger partial charge in [0.15, 0.2) is 0 Å². The van der Waals surface area contributed by atoms with Crippen molar-refractivity contribution in [3.63, 3.8) is 0 Å². The van der Waals surface area contributed by atoms with Crippen LogP contribution in [-0.4, -0.2) is 31.5 Å². The molecule has 0 amide bonds. The minimum absolute atomic E-state index is 0.0124. The van der Waals surface area contributed by atoms with E-state index in [9.17, 15) is 18.3 Å². The molecule has 1 aliphatic rings. The number of aliphatic carboxylic acids is 1. The van der Waals surface area contributed by atoms with Gasteiger partial charge in [0.1, 0.15) is 9.84 Å². The second-order valence-electron chi connectivity index (χ2n) is 5.94. The molecule has 3 atom stereocenters. The van der Waals surface area contributed by atoms with Gasteiger partial charge in [-0.3, -0.25) is 4.79 Å². The van der Waals surface area contributed by atoms with Crippen molar-refractivity contribution in [2.24, 2.45) is 23.7 Å². The maximum absolute atomic E-state index is 11.2. The van der Waals surface area contributed by atoms with Gasteiger partial charge < -0.3 is 5.11 Å². The van der Waals surface area contributed by atoms with Gasteiger partial charge in [0.25, 0.3) is 0 Å². The average molecular weight is 276 g/mol. The van der Waals surface area contributed by atoms with Crippen molar-refractivity contribution in [2.75, 3.05) is 12.0 Å². The zero-order valence-corrected chi connectivity index (χ0v) is 12.2. The van der Waals surface area contributed by atoms with Crippen LogP contribution in [0.4, 0.5) is 0 Å². The van der Waals surface area contributed by atoms with Crippen LogP contribution in [0.5, 0.6) is 0 Å². The van der Waals surface area contributed by atoms with Crippen LogP contribution in [0.25, 0.3) is 0 Å². The first-order valence-electron chi connectivity index (χ1n) is 6.61. The average Bonchev–Trinajstić information content (AvgIpc) is 2.24. The Morgan fingerprint density at radius 3 is 2.39 bits per heavy atom. The third-order valence-corrected chi connectivity index (χ3v) is 5.12. The molecule has 18 heavy (non-hydrogen) atoms. The number of hydrogen-bond acceptors (Lipinski definition) is 3. The molecular weight excluding hydrogens is 252 g/mol. The van der Waals surface area contributed by atoms with Gasteiger partial charge >= 0.3 is 5.97 Å². The van der Waals surface area contributed by atoms with Crippen molar-refractivity contribution in [1.82, 2.24) is 0 Å². The fraction of sp³-hybridized carbons (Fsp3) is 0.923. The van der Waals surface area contributed by atoms with Gasteiger partial charge in [0.05, 0.1) is 11.7 Å². The van der Waals surface area contributed by atoms with E-state index in [0.717, 1.165) is 12.8 Å². The van der Waals surface area contributed by atoms with Gasteiger partial charge in [0, 0.05) is 6.26 Å². The summed E-state index contributed by atoms with van der Waals surface area (Å²) in [7, 11) is -3.00. The van der Waals surface area contributed by atoms with Crippen LogP contribution < -0.4 is 0 Å². The standard InChI is InChI=1S/C13H24O4S/c1-9(2)10-4-5-12(13(14)15)11(8-10)6-7-18(3,16)17/h9-12H,4-8H2,1-3H3,(H,14,15). The largest absolute Gasteiger partial charge is 0.481 e. The predicted molar refractivity (Wildman–Crippen MR) is 71.1 cm³/mol. The first-order valence-corrected chi connectivity index (χ1v) is 8.67. The van der Waals surface area contributed by atoms with E-state index in [2.05, 4.69) is 13.8 Å². The predicted octanol–water partition coefficient (Wildman–Crippen LogP) is 2.19. The first kappa shape index (κ1) is 15.5. The molecule has 1 saturated carbocycles. The van der Waals surface area contributed by atoms with Crippen LogP contribution in [-0.2, 0) is 14.6 Å². The molecule has 1 aliphatic carbocycles. The van der Waals surface area contributed by atoms with Crippen LogP contribution in [0, 0.1) is 23.7 Å². The summed E-state index contributed by atoms with van der Waals surface area (Å²) in [5.74, 6) is 0.0631. The number of hydrogen-bond donors (Lipinski definition) is 1. The lowest BCUT2D eigenvalue weighted by molar-refractivity contribution is -0.145. The van der Waals surface area contributed by atoms with Crippen LogP contribution in [0.1, 0.15) is 39.5 Å². The van der Waals surface area contributed by atoms with E-state index in [1.165, 1.54) is 6.26 Å². The number of sulfone groups is 1. The van der Waals surface area contributed by atoms with E-state index >= 15 is 0 Å². The molecule has 0 heterocycles. The van der Waals surface area contributed by atoms with Crippen molar-refractivity contribution in [2.45, 2.75) is 39.5 Å². The lowest BCUT2D eigenvalue weighted by Gasteiger charge is -2.35. The third kappa shape index (κ3) is 4.59. The third-order valence-electron chi connectivity index (χ3n) is 4.14. The zero-order chi connectivity index (χ0) is 13.9. The van der Waals surface area contributed by atoms with Crippen LogP contribution >= 0.6 is 0 Å². The van der Waals surface area contributed by atoms with E-state index in [1.54, 1.807) is 0 Å². The van der Waals surface area contributed by atoms with Crippen LogP contribution in [0.2, 0.25) is 0 Å². The van der Waals surface area contributed by atoms with E-state index in [-0.39, 0.29) is 17.6 Å². The van der Waals surface area contributed by atoms with Crippen LogP contribution in [0.15, 0.2) is 0 Å². The highest BCUT2D eigenvalue weighted by atomic mass is 32.2. The van der Waals surface area contributed by atoms with Crippen molar-refractivity contribution in [3.05, 3.63) is 0 Å². The maximum Gasteiger partial charge on any atom is 0.306 e. The minimum Gasteiger partial charge on any atom is -0.481 e. The summed E-state index contributed by atoms with van der Waals surface area (Å²) < 4.78 is 22.4. The lowest BCUT2D eigenvalue weighted by atomic mass is 9.70. The molecule has 0 bridgehead atoms. The molecule has 106 valence electrons. The molecule has 1 fully saturated rings. The minimum atomic E-state index is -3.00. The van der Waals surface area contributed by atoms with Gasteiger partial charge in [-0.05, 0) is 43.4 Å². The summed E-state index contributed by atoms with van der Waals surface area (Å²) in [6.07, 6.45) is 4.19. The Balaban J connectivity index is 2.69. The van der Waals surface area contributed by atoms with E-state index in [1.807, 2.05) is 0 Å². The fourth-order valence-electron chi connectivity index (χ4n) is 2.92. The molecule has 0 spiro atoms. The molecule has 0 aromatic rings. The lowest BCUT2D eigenvalue weighted by Crippen LogP contribution is -2.33. The molecule has 1 N–H and O–H groups in total. The van der Waals surface area contributed by atoms with Gasteiger partial charge in [0.2, 0.25) is 0 Å². The Kier molecular flexibility index (Phi) is 5.20. The van der Waals surface area contributed by atoms with Gasteiger partial charge in [-0.25, -0.2) is 8.42 Å². The SMILES string of the molecule is CC(C)C1CCC(C(=O)O)C(CCS(C)(=O)=O)C1. The Morgan fingerprint density at radius 2 is 1.94 bits per heavy atom. The Labute approximate surface area is 110 Å². The highest BCUT2D eigenvalue weighted by Gasteiger charge is 2.35. The summed E-state index contributed by atoms with van der Waals surface area (Å²) in [6.45, 7) is 4.30. The molecule has 0 saturated heterocycles. The second kappa shape index (κ2) is 6.04. The monoisotopic (exact) mass is 276 g/mol. The number of carbonyl (C=O) groups is 1. The highest BCUT2D eigenvalue weighted by molar-refractivity contribution is 7.90. The summed E-state index contributed by atoms with van der Waals surface area (Å²) in [4.78, 5) is 11.2. The summed E-state index contributed by atoms with van der Waals surface area (Å²) in [6, 6.07) is 0. The quantitative estimate of drug-likeness (QED) is 0.835. The van der Waals surface area contributed by atoms with E-state index in [0.29, 0.717) is 24.7 Å². The van der Waals surface area contributed by atoms with E-state index < -0.39 is 15.8 Å². The maximum atomic E-state index is 11.2. The molecule has 5 heteroatoms. The molecule has 1 rings (SSSR count). The van der Waals surface area contributed by atoms with Gasteiger partial charge in [-0.1, -0.05) is 13.8 Å². The van der Waals surface area contributed by atoms with Crippen molar-refractivity contribution in [3.8, 4) is 0 Å². The summed E-state index contributed by atoms with van der Waals surface area (Å²) in [5, 5.41) is 9.21. The number of carboxylic acid groups (broad SMARTS) is 1. The second-order valence-corrected chi connectivity index (χ2v) is 8.20. The van der Waals surface area contributed by atoms with Crippen molar-refractivity contribution in [1.29, 1.82) is 0 Å². The smallest absolute Gasteiger partial charge is 0.306 e. The first-order chi connectivity index (χ1) is 8.20. The van der Waals surface area contributed by atoms with Gasteiger partial charge in [-0.15, -0.1) is 0 Å². The van der Waals surface area contributed by atoms with Crippen molar-refractivity contribution >= 4 is 15.8 Å². The van der Waals surface area contributed by atoms with E-state index in [4.69, 9.17) is 0 Å². The Bertz CT molecular complexity index is 386. The molecule has 0 radical (unpaired) electrons. The molecule has 0 aliphatic heterocycles. The van der Waals surface area contributed by atoms with Crippen molar-refractivity contribution < 1.29 is 18.3 Å². The van der Waals surface area contributed by atoms with Gasteiger partial charge in [-0.2, -0.15) is 0 Å². The zero-order valence-electron chi connectivity index (χ0n) is 11.4. The topological polar surface area (TPSA) is 71.4 Å².